The molecule has 1 N–H and O–H groups in total. The number of carbonyl (C=O) groups is 1. The molecule has 1 aromatic carbocycles. The molecular formula is C17H17Cl2N3O2S. The molecule has 2 aromatic rings. The Morgan fingerprint density at radius 2 is 2.16 bits per heavy atom. The van der Waals surface area contributed by atoms with Crippen LogP contribution in [0.25, 0.3) is 6.08 Å². The van der Waals surface area contributed by atoms with Crippen molar-refractivity contribution in [2.75, 3.05) is 31.6 Å². The predicted molar refractivity (Wildman–Crippen MR) is 102 cm³/mol. The maximum atomic E-state index is 12.0. The summed E-state index contributed by atoms with van der Waals surface area (Å²) in [6, 6.07) is 5.28. The molecule has 0 bridgehead atoms. The van der Waals surface area contributed by atoms with Crippen LogP contribution in [-0.4, -0.2) is 42.1 Å². The van der Waals surface area contributed by atoms with E-state index in [1.165, 1.54) is 17.4 Å². The van der Waals surface area contributed by atoms with Crippen molar-refractivity contribution in [1.82, 2.24) is 9.88 Å². The fourth-order valence-electron chi connectivity index (χ4n) is 2.39. The molecule has 0 spiro atoms. The number of morpholine rings is 1. The van der Waals surface area contributed by atoms with Crippen molar-refractivity contribution in [3.05, 3.63) is 51.0 Å². The smallest absolute Gasteiger partial charge is 0.250 e. The standard InChI is InChI=1S/C17H17Cl2N3O2S/c18-14-3-1-2-12(16(14)19)4-5-15(23)21-17-20-13(11-25-17)10-22-6-8-24-9-7-22/h1-5,11H,6-10H2,(H,20,21,23)/b5-4+. The van der Waals surface area contributed by atoms with E-state index in [0.717, 1.165) is 38.5 Å². The Labute approximate surface area is 160 Å². The average molecular weight is 398 g/mol. The number of carbonyl (C=O) groups excluding carboxylic acids is 1. The van der Waals surface area contributed by atoms with Crippen molar-refractivity contribution >= 4 is 51.7 Å². The van der Waals surface area contributed by atoms with Gasteiger partial charge in [0.05, 0.1) is 29.0 Å². The molecule has 1 fully saturated rings. The Balaban J connectivity index is 1.56. The first-order valence-corrected chi connectivity index (χ1v) is 9.43. The molecule has 25 heavy (non-hydrogen) atoms. The zero-order chi connectivity index (χ0) is 17.6. The molecule has 0 radical (unpaired) electrons. The first-order valence-electron chi connectivity index (χ1n) is 7.79. The first-order chi connectivity index (χ1) is 12.1. The minimum Gasteiger partial charge on any atom is -0.379 e. The van der Waals surface area contributed by atoms with Gasteiger partial charge in [0.15, 0.2) is 5.13 Å². The molecule has 0 aliphatic carbocycles. The Morgan fingerprint density at radius 3 is 2.96 bits per heavy atom. The van der Waals surface area contributed by atoms with Gasteiger partial charge in [0.25, 0.3) is 0 Å². The molecule has 1 aliphatic rings. The number of hydrogen-bond donors (Lipinski definition) is 1. The van der Waals surface area contributed by atoms with Crippen LogP contribution in [0, 0.1) is 0 Å². The van der Waals surface area contributed by atoms with Crippen molar-refractivity contribution in [3.63, 3.8) is 0 Å². The van der Waals surface area contributed by atoms with Crippen LogP contribution in [-0.2, 0) is 16.1 Å². The zero-order valence-electron chi connectivity index (χ0n) is 13.4. The fourth-order valence-corrected chi connectivity index (χ4v) is 3.46. The molecule has 1 amide bonds. The van der Waals surface area contributed by atoms with Gasteiger partial charge in [-0.2, -0.15) is 0 Å². The van der Waals surface area contributed by atoms with Crippen molar-refractivity contribution < 1.29 is 9.53 Å². The van der Waals surface area contributed by atoms with E-state index in [0.29, 0.717) is 20.7 Å². The number of nitrogens with one attached hydrogen (secondary N) is 1. The lowest BCUT2D eigenvalue weighted by Gasteiger charge is -2.25. The van der Waals surface area contributed by atoms with Gasteiger partial charge in [0, 0.05) is 31.1 Å². The number of benzene rings is 1. The summed E-state index contributed by atoms with van der Waals surface area (Å²) in [4.78, 5) is 18.8. The van der Waals surface area contributed by atoms with Gasteiger partial charge in [-0.15, -0.1) is 11.3 Å². The number of halogens is 2. The van der Waals surface area contributed by atoms with Crippen LogP contribution in [0.5, 0.6) is 0 Å². The minimum absolute atomic E-state index is 0.261. The number of aromatic nitrogens is 1. The molecule has 0 saturated carbocycles. The minimum atomic E-state index is -0.261. The highest BCUT2D eigenvalue weighted by atomic mass is 35.5. The second-order valence-electron chi connectivity index (χ2n) is 5.50. The zero-order valence-corrected chi connectivity index (χ0v) is 15.7. The lowest BCUT2D eigenvalue weighted by Crippen LogP contribution is -2.35. The number of hydrogen-bond acceptors (Lipinski definition) is 5. The predicted octanol–water partition coefficient (Wildman–Crippen LogP) is 3.93. The Bertz CT molecular complexity index is 773. The number of amides is 1. The van der Waals surface area contributed by atoms with Crippen LogP contribution in [0.15, 0.2) is 29.7 Å². The fraction of sp³-hybridized carbons (Fsp3) is 0.294. The van der Waals surface area contributed by atoms with Crippen LogP contribution < -0.4 is 5.32 Å². The van der Waals surface area contributed by atoms with E-state index in [9.17, 15) is 4.79 Å². The molecule has 1 aromatic heterocycles. The van der Waals surface area contributed by atoms with Crippen LogP contribution in [0.2, 0.25) is 10.0 Å². The van der Waals surface area contributed by atoms with Gasteiger partial charge in [0.1, 0.15) is 0 Å². The second kappa shape index (κ2) is 8.78. The van der Waals surface area contributed by atoms with Gasteiger partial charge in [-0.25, -0.2) is 4.98 Å². The van der Waals surface area contributed by atoms with Gasteiger partial charge in [-0.05, 0) is 17.7 Å². The molecule has 2 heterocycles. The number of thiazole rings is 1. The molecule has 0 atom stereocenters. The molecule has 1 aliphatic heterocycles. The van der Waals surface area contributed by atoms with E-state index in [2.05, 4.69) is 15.2 Å². The van der Waals surface area contributed by atoms with E-state index in [4.69, 9.17) is 27.9 Å². The summed E-state index contributed by atoms with van der Waals surface area (Å²) >= 11 is 13.5. The van der Waals surface area contributed by atoms with Crippen molar-refractivity contribution in [2.24, 2.45) is 0 Å². The summed E-state index contributed by atoms with van der Waals surface area (Å²) < 4.78 is 5.33. The van der Waals surface area contributed by atoms with E-state index in [1.54, 1.807) is 24.3 Å². The molecule has 8 heteroatoms. The quantitative estimate of drug-likeness (QED) is 0.776. The van der Waals surface area contributed by atoms with Gasteiger partial charge in [-0.1, -0.05) is 35.3 Å². The topological polar surface area (TPSA) is 54.5 Å². The summed E-state index contributed by atoms with van der Waals surface area (Å²) in [5, 5.41) is 6.19. The average Bonchev–Trinajstić information content (AvgIpc) is 3.04. The van der Waals surface area contributed by atoms with Crippen molar-refractivity contribution in [1.29, 1.82) is 0 Å². The normalized spacial score (nSPS) is 15.6. The molecule has 132 valence electrons. The highest BCUT2D eigenvalue weighted by molar-refractivity contribution is 7.13. The number of anilines is 1. The van der Waals surface area contributed by atoms with E-state index >= 15 is 0 Å². The monoisotopic (exact) mass is 397 g/mol. The van der Waals surface area contributed by atoms with E-state index in [1.807, 2.05) is 5.38 Å². The lowest BCUT2D eigenvalue weighted by atomic mass is 10.2. The van der Waals surface area contributed by atoms with Gasteiger partial charge in [-0.3, -0.25) is 15.0 Å². The number of ether oxygens (including phenoxy) is 1. The highest BCUT2D eigenvalue weighted by Gasteiger charge is 2.13. The number of rotatable bonds is 5. The third kappa shape index (κ3) is 5.26. The first kappa shape index (κ1) is 18.4. The van der Waals surface area contributed by atoms with Gasteiger partial charge < -0.3 is 4.74 Å². The SMILES string of the molecule is O=C(/C=C/c1cccc(Cl)c1Cl)Nc1nc(CN2CCOCC2)cs1. The Hall–Kier alpha value is -1.44. The van der Waals surface area contributed by atoms with Gasteiger partial charge in [0.2, 0.25) is 5.91 Å². The van der Waals surface area contributed by atoms with E-state index in [-0.39, 0.29) is 5.91 Å². The number of nitrogens with zero attached hydrogens (tertiary/aromatic N) is 2. The van der Waals surface area contributed by atoms with Gasteiger partial charge >= 0.3 is 0 Å². The largest absolute Gasteiger partial charge is 0.379 e. The molecule has 5 nitrogen and oxygen atoms in total. The lowest BCUT2D eigenvalue weighted by molar-refractivity contribution is -0.111. The van der Waals surface area contributed by atoms with Crippen LogP contribution in [0.1, 0.15) is 11.3 Å². The highest BCUT2D eigenvalue weighted by Crippen LogP contribution is 2.26. The Morgan fingerprint density at radius 1 is 1.36 bits per heavy atom. The molecule has 3 rings (SSSR count). The third-order valence-corrected chi connectivity index (χ3v) is 5.31. The summed E-state index contributed by atoms with van der Waals surface area (Å²) in [6.45, 7) is 4.09. The van der Waals surface area contributed by atoms with Crippen LogP contribution in [0.3, 0.4) is 0 Å². The van der Waals surface area contributed by atoms with E-state index < -0.39 is 0 Å². The molecule has 0 unspecified atom stereocenters. The second-order valence-corrected chi connectivity index (χ2v) is 7.14. The van der Waals surface area contributed by atoms with Crippen LogP contribution in [0.4, 0.5) is 5.13 Å². The summed E-state index contributed by atoms with van der Waals surface area (Å²) in [6.07, 6.45) is 3.05. The Kier molecular flexibility index (Phi) is 6.45. The maximum Gasteiger partial charge on any atom is 0.250 e. The summed E-state index contributed by atoms with van der Waals surface area (Å²) in [5.74, 6) is -0.261. The molecule has 1 saturated heterocycles. The van der Waals surface area contributed by atoms with Crippen molar-refractivity contribution in [3.8, 4) is 0 Å². The third-order valence-electron chi connectivity index (χ3n) is 3.67. The van der Waals surface area contributed by atoms with Crippen molar-refractivity contribution in [2.45, 2.75) is 6.54 Å². The maximum absolute atomic E-state index is 12.0. The van der Waals surface area contributed by atoms with Crippen LogP contribution >= 0.6 is 34.5 Å². The summed E-state index contributed by atoms with van der Waals surface area (Å²) in [5.41, 5.74) is 1.64. The summed E-state index contributed by atoms with van der Waals surface area (Å²) in [7, 11) is 0. The molecular weight excluding hydrogens is 381 g/mol.